The molecule has 2 aromatic heterocycles. The number of hydrogen-bond acceptors (Lipinski definition) is 5. The minimum absolute atomic E-state index is 0.273. The van der Waals surface area contributed by atoms with Gasteiger partial charge in [-0.1, -0.05) is 6.07 Å². The summed E-state index contributed by atoms with van der Waals surface area (Å²) in [5.74, 6) is 1.06. The molecule has 6 heteroatoms. The molecular formula is C24H27N3O3. The van der Waals surface area contributed by atoms with E-state index in [1.54, 1.807) is 18.1 Å². The number of piperidine rings is 1. The van der Waals surface area contributed by atoms with Gasteiger partial charge in [0.05, 0.1) is 12.8 Å². The highest BCUT2D eigenvalue weighted by Gasteiger charge is 2.20. The monoisotopic (exact) mass is 405 g/mol. The van der Waals surface area contributed by atoms with Gasteiger partial charge in [-0.15, -0.1) is 0 Å². The third-order valence-electron chi connectivity index (χ3n) is 5.58. The molecule has 0 saturated carbocycles. The molecule has 1 saturated heterocycles. The molecule has 0 radical (unpaired) electrons. The second-order valence-corrected chi connectivity index (χ2v) is 7.92. The molecule has 0 N–H and O–H groups in total. The average Bonchev–Trinajstić information content (AvgIpc) is 2.73. The lowest BCUT2D eigenvalue weighted by Gasteiger charge is -2.25. The van der Waals surface area contributed by atoms with Crippen LogP contribution in [0.3, 0.4) is 0 Å². The molecule has 4 rings (SSSR count). The second-order valence-electron chi connectivity index (χ2n) is 7.92. The third kappa shape index (κ3) is 3.95. The van der Waals surface area contributed by atoms with Crippen LogP contribution in [0.25, 0.3) is 22.3 Å². The van der Waals surface area contributed by atoms with E-state index < -0.39 is 0 Å². The number of rotatable bonds is 3. The lowest BCUT2D eigenvalue weighted by Crippen LogP contribution is -2.37. The van der Waals surface area contributed by atoms with E-state index in [-0.39, 0.29) is 12.0 Å². The molecule has 0 bridgehead atoms. The summed E-state index contributed by atoms with van der Waals surface area (Å²) in [4.78, 5) is 23.5. The van der Waals surface area contributed by atoms with Gasteiger partial charge >= 0.3 is 6.09 Å². The first-order valence-electron chi connectivity index (χ1n) is 10.4. The van der Waals surface area contributed by atoms with Crippen molar-refractivity contribution in [2.45, 2.75) is 40.0 Å². The fraction of sp³-hybridized carbons (Fsp3) is 0.375. The Morgan fingerprint density at radius 3 is 2.47 bits per heavy atom. The van der Waals surface area contributed by atoms with Crippen molar-refractivity contribution in [2.24, 2.45) is 0 Å². The molecule has 6 nitrogen and oxygen atoms in total. The van der Waals surface area contributed by atoms with Gasteiger partial charge in [-0.25, -0.2) is 9.78 Å². The van der Waals surface area contributed by atoms with Crippen molar-refractivity contribution in [1.82, 2.24) is 14.9 Å². The molecule has 0 atom stereocenters. The Balaban J connectivity index is 1.72. The number of fused-ring (bicyclic) bond motifs is 1. The second kappa shape index (κ2) is 8.30. The summed E-state index contributed by atoms with van der Waals surface area (Å²) in [6, 6.07) is 9.81. The van der Waals surface area contributed by atoms with Crippen LogP contribution in [0.2, 0.25) is 0 Å². The van der Waals surface area contributed by atoms with Crippen LogP contribution in [-0.4, -0.2) is 41.2 Å². The summed E-state index contributed by atoms with van der Waals surface area (Å²) in [7, 11) is 1.67. The molecule has 0 aliphatic carbocycles. The largest absolute Gasteiger partial charge is 0.496 e. The average molecular weight is 405 g/mol. The lowest BCUT2D eigenvalue weighted by atomic mass is 9.99. The number of hydrogen-bond donors (Lipinski definition) is 0. The van der Waals surface area contributed by atoms with Crippen molar-refractivity contribution in [3.63, 3.8) is 0 Å². The normalized spacial score (nSPS) is 14.1. The summed E-state index contributed by atoms with van der Waals surface area (Å²) >= 11 is 0. The summed E-state index contributed by atoms with van der Waals surface area (Å²) < 4.78 is 11.2. The summed E-state index contributed by atoms with van der Waals surface area (Å²) in [5.41, 5.74) is 5.57. The van der Waals surface area contributed by atoms with Gasteiger partial charge in [0.1, 0.15) is 5.75 Å². The number of aromatic nitrogens is 2. The zero-order chi connectivity index (χ0) is 21.3. The smallest absolute Gasteiger partial charge is 0.416 e. The Hall–Kier alpha value is -3.15. The van der Waals surface area contributed by atoms with Crippen LogP contribution < -0.4 is 9.47 Å². The van der Waals surface area contributed by atoms with Crippen molar-refractivity contribution >= 4 is 17.1 Å². The number of nitrogens with zero attached hydrogens (tertiary/aromatic N) is 3. The quantitative estimate of drug-likeness (QED) is 0.598. The van der Waals surface area contributed by atoms with E-state index in [9.17, 15) is 4.79 Å². The van der Waals surface area contributed by atoms with E-state index >= 15 is 0 Å². The van der Waals surface area contributed by atoms with Gasteiger partial charge in [0.15, 0.2) is 5.65 Å². The lowest BCUT2D eigenvalue weighted by molar-refractivity contribution is 0.141. The highest BCUT2D eigenvalue weighted by Crippen LogP contribution is 2.35. The number of benzene rings is 1. The molecular weight excluding hydrogens is 378 g/mol. The van der Waals surface area contributed by atoms with Crippen molar-refractivity contribution < 1.29 is 14.3 Å². The molecule has 0 spiro atoms. The Kier molecular flexibility index (Phi) is 5.57. The van der Waals surface area contributed by atoms with E-state index in [1.165, 1.54) is 0 Å². The van der Waals surface area contributed by atoms with Crippen LogP contribution in [0.15, 0.2) is 30.3 Å². The Bertz CT molecular complexity index is 1100. The van der Waals surface area contributed by atoms with Crippen LogP contribution in [0.1, 0.15) is 36.0 Å². The maximum Gasteiger partial charge on any atom is 0.416 e. The first-order chi connectivity index (χ1) is 14.5. The van der Waals surface area contributed by atoms with Crippen molar-refractivity contribution in [2.75, 3.05) is 20.2 Å². The zero-order valence-electron chi connectivity index (χ0n) is 18.0. The van der Waals surface area contributed by atoms with E-state index in [0.717, 1.165) is 71.4 Å². The topological polar surface area (TPSA) is 64.6 Å². The minimum atomic E-state index is -0.342. The van der Waals surface area contributed by atoms with E-state index in [4.69, 9.17) is 14.5 Å². The SMILES string of the molecule is COc1cc(C)cc(C)c1-c1cc(C)c2ccc(OC(=O)N3CCCCC3)nc2n1. The van der Waals surface area contributed by atoms with Crippen molar-refractivity contribution in [3.05, 3.63) is 47.0 Å². The predicted molar refractivity (Wildman–Crippen MR) is 117 cm³/mol. The number of carbonyl (C=O) groups excluding carboxylic acids is 1. The number of ether oxygens (including phenoxy) is 2. The van der Waals surface area contributed by atoms with Crippen LogP contribution in [0, 0.1) is 20.8 Å². The molecule has 30 heavy (non-hydrogen) atoms. The van der Waals surface area contributed by atoms with Gasteiger partial charge in [0.2, 0.25) is 5.88 Å². The van der Waals surface area contributed by atoms with Crippen LogP contribution in [0.5, 0.6) is 11.6 Å². The van der Waals surface area contributed by atoms with E-state index in [2.05, 4.69) is 18.0 Å². The Morgan fingerprint density at radius 1 is 0.967 bits per heavy atom. The van der Waals surface area contributed by atoms with E-state index in [0.29, 0.717) is 5.65 Å². The van der Waals surface area contributed by atoms with Gasteiger partial charge in [-0.3, -0.25) is 0 Å². The Labute approximate surface area is 176 Å². The van der Waals surface area contributed by atoms with Crippen molar-refractivity contribution in [1.29, 1.82) is 0 Å². The Morgan fingerprint density at radius 2 is 1.73 bits per heavy atom. The fourth-order valence-corrected chi connectivity index (χ4v) is 4.09. The highest BCUT2D eigenvalue weighted by molar-refractivity contribution is 5.84. The number of amides is 1. The number of methoxy groups -OCH3 is 1. The number of carbonyl (C=O) groups is 1. The molecule has 3 heterocycles. The molecule has 1 aliphatic heterocycles. The molecule has 1 fully saturated rings. The summed E-state index contributed by atoms with van der Waals surface area (Å²) in [6.07, 6.45) is 2.85. The van der Waals surface area contributed by atoms with Crippen LogP contribution in [-0.2, 0) is 0 Å². The maximum atomic E-state index is 12.4. The summed E-state index contributed by atoms with van der Waals surface area (Å²) in [5, 5.41) is 0.931. The third-order valence-corrected chi connectivity index (χ3v) is 5.58. The maximum absolute atomic E-state index is 12.4. The number of pyridine rings is 2. The van der Waals surface area contributed by atoms with E-state index in [1.807, 2.05) is 32.0 Å². The first-order valence-corrected chi connectivity index (χ1v) is 10.4. The molecule has 0 unspecified atom stereocenters. The van der Waals surface area contributed by atoms with Gasteiger partial charge < -0.3 is 14.4 Å². The number of likely N-dealkylation sites (tertiary alicyclic amines) is 1. The standard InChI is InChI=1S/C24H27N3O3/c1-15-12-17(3)22(20(13-15)29-4)19-14-16(2)18-8-9-21(26-23(18)25-19)30-24(28)27-10-6-5-7-11-27/h8-9,12-14H,5-7,10-11H2,1-4H3. The highest BCUT2D eigenvalue weighted by atomic mass is 16.6. The van der Waals surface area contributed by atoms with Crippen LogP contribution >= 0.6 is 0 Å². The fourth-order valence-electron chi connectivity index (χ4n) is 4.09. The zero-order valence-corrected chi connectivity index (χ0v) is 18.0. The molecule has 1 aromatic carbocycles. The predicted octanol–water partition coefficient (Wildman–Crippen LogP) is 5.22. The van der Waals surface area contributed by atoms with Gasteiger partial charge in [-0.05, 0) is 74.9 Å². The summed E-state index contributed by atoms with van der Waals surface area (Å²) in [6.45, 7) is 7.60. The minimum Gasteiger partial charge on any atom is -0.496 e. The first kappa shape index (κ1) is 20.1. The molecule has 3 aromatic rings. The molecule has 1 amide bonds. The van der Waals surface area contributed by atoms with Crippen molar-refractivity contribution in [3.8, 4) is 22.9 Å². The van der Waals surface area contributed by atoms with Gasteiger partial charge in [0.25, 0.3) is 0 Å². The van der Waals surface area contributed by atoms with Crippen LogP contribution in [0.4, 0.5) is 4.79 Å². The van der Waals surface area contributed by atoms with Gasteiger partial charge in [0, 0.05) is 30.1 Å². The van der Waals surface area contributed by atoms with Gasteiger partial charge in [-0.2, -0.15) is 4.98 Å². The number of aryl methyl sites for hydroxylation is 3. The molecule has 1 aliphatic rings. The molecule has 156 valence electrons.